The fraction of sp³-hybridized carbons (Fsp3) is 0.385. The summed E-state index contributed by atoms with van der Waals surface area (Å²) < 4.78 is 10.8. The Morgan fingerprint density at radius 3 is 3.10 bits per heavy atom. The van der Waals surface area contributed by atoms with Gasteiger partial charge in [-0.3, -0.25) is 4.79 Å². The second-order valence-electron chi connectivity index (χ2n) is 5.00. The maximum Gasteiger partial charge on any atom is 0.260 e. The molecule has 1 aromatic carbocycles. The van der Waals surface area contributed by atoms with Crippen molar-refractivity contribution in [3.63, 3.8) is 0 Å². The number of carbonyl (C=O) groups excluding carboxylic acids is 1. The number of hydrazone groups is 1. The molecule has 0 radical (unpaired) electrons. The Morgan fingerprint density at radius 1 is 1.40 bits per heavy atom. The molecule has 0 atom stereocenters. The lowest BCUT2D eigenvalue weighted by atomic mass is 10.1. The summed E-state index contributed by atoms with van der Waals surface area (Å²) in [7, 11) is 0. The minimum atomic E-state index is -0.118. The third-order valence-corrected chi connectivity index (χ3v) is 3.54. The zero-order valence-corrected chi connectivity index (χ0v) is 10.8. The van der Waals surface area contributed by atoms with Gasteiger partial charge in [0.25, 0.3) is 5.91 Å². The van der Waals surface area contributed by atoms with Crippen LogP contribution in [0.5, 0.6) is 5.75 Å². The van der Waals surface area contributed by atoms with E-state index < -0.39 is 0 Å². The van der Waals surface area contributed by atoms with Gasteiger partial charge in [0, 0.05) is 5.69 Å². The van der Waals surface area contributed by atoms with Gasteiger partial charge in [-0.05, 0) is 18.2 Å². The van der Waals surface area contributed by atoms with Gasteiger partial charge in [0.1, 0.15) is 18.9 Å². The van der Waals surface area contributed by atoms with Gasteiger partial charge in [0.15, 0.2) is 5.84 Å². The van der Waals surface area contributed by atoms with E-state index in [4.69, 9.17) is 9.47 Å². The number of benzene rings is 1. The predicted molar refractivity (Wildman–Crippen MR) is 73.1 cm³/mol. The zero-order valence-electron chi connectivity index (χ0n) is 10.8. The largest absolute Gasteiger partial charge is 0.483 e. The molecule has 3 heterocycles. The monoisotopic (exact) mass is 274 g/mol. The third-order valence-electron chi connectivity index (χ3n) is 3.54. The first kappa shape index (κ1) is 11.5. The minimum absolute atomic E-state index is 0.118. The van der Waals surface area contributed by atoms with E-state index in [2.05, 4.69) is 15.8 Å². The van der Waals surface area contributed by atoms with Crippen molar-refractivity contribution >= 4 is 23.1 Å². The van der Waals surface area contributed by atoms with Gasteiger partial charge < -0.3 is 19.7 Å². The maximum absolute atomic E-state index is 11.5. The lowest BCUT2D eigenvalue weighted by molar-refractivity contribution is -0.119. The summed E-state index contributed by atoms with van der Waals surface area (Å²) in [5.41, 5.74) is 4.34. The van der Waals surface area contributed by atoms with Crippen LogP contribution < -0.4 is 20.4 Å². The van der Waals surface area contributed by atoms with Crippen LogP contribution in [0.15, 0.2) is 23.3 Å². The van der Waals surface area contributed by atoms with Crippen LogP contribution in [0.4, 0.5) is 11.4 Å². The Labute approximate surface area is 115 Å². The molecular formula is C13H14N4O3. The summed E-state index contributed by atoms with van der Waals surface area (Å²) in [5, 5.41) is 7.41. The number of rotatable bonds is 2. The van der Waals surface area contributed by atoms with Crippen LogP contribution in [0.2, 0.25) is 0 Å². The summed E-state index contributed by atoms with van der Waals surface area (Å²) >= 11 is 0. The first-order valence-electron chi connectivity index (χ1n) is 6.54. The number of carbonyl (C=O) groups is 1. The van der Waals surface area contributed by atoms with Crippen LogP contribution in [-0.4, -0.2) is 44.2 Å². The van der Waals surface area contributed by atoms with Crippen LogP contribution in [0.1, 0.15) is 0 Å². The van der Waals surface area contributed by atoms with Gasteiger partial charge in [-0.15, -0.1) is 0 Å². The van der Waals surface area contributed by atoms with Gasteiger partial charge >= 0.3 is 0 Å². The summed E-state index contributed by atoms with van der Waals surface area (Å²) in [6.07, 6.45) is 0. The van der Waals surface area contributed by atoms with Crippen molar-refractivity contribution < 1.29 is 14.3 Å². The first-order valence-corrected chi connectivity index (χ1v) is 6.54. The van der Waals surface area contributed by atoms with Crippen molar-refractivity contribution in [2.24, 2.45) is 5.10 Å². The van der Waals surface area contributed by atoms with E-state index in [9.17, 15) is 4.79 Å². The maximum atomic E-state index is 11.5. The number of nitrogens with one attached hydrogen (secondary N) is 2. The Balaban J connectivity index is 1.66. The summed E-state index contributed by atoms with van der Waals surface area (Å²) in [6, 6.07) is 6.24. The topological polar surface area (TPSA) is 75.2 Å². The van der Waals surface area contributed by atoms with Gasteiger partial charge in [-0.1, -0.05) is 0 Å². The molecule has 0 aliphatic carbocycles. The van der Waals surface area contributed by atoms with Crippen molar-refractivity contribution in [3.8, 4) is 5.75 Å². The van der Waals surface area contributed by atoms with Gasteiger partial charge in [0.05, 0.1) is 24.9 Å². The standard InChI is InChI=1S/C13H14N4O3/c18-13-4-17-10-3-8(14-9-5-19-6-9)1-2-11(10)20-7-12(17)15-16-13/h1-3,9,14H,4-7H2,(H,16,18). The third kappa shape index (κ3) is 1.87. The highest BCUT2D eigenvalue weighted by atomic mass is 16.5. The molecule has 1 amide bonds. The van der Waals surface area contributed by atoms with E-state index in [1.807, 2.05) is 23.1 Å². The number of nitrogens with zero attached hydrogens (tertiary/aromatic N) is 2. The van der Waals surface area contributed by atoms with Crippen LogP contribution in [0.25, 0.3) is 0 Å². The lowest BCUT2D eigenvalue weighted by Crippen LogP contribution is -2.49. The normalized spacial score (nSPS) is 20.9. The highest BCUT2D eigenvalue weighted by Crippen LogP contribution is 2.35. The Morgan fingerprint density at radius 2 is 2.30 bits per heavy atom. The number of fused-ring (bicyclic) bond motifs is 3. The zero-order chi connectivity index (χ0) is 13.5. The number of amidine groups is 1. The van der Waals surface area contributed by atoms with Crippen LogP contribution >= 0.6 is 0 Å². The molecule has 1 aromatic rings. The molecule has 0 aromatic heterocycles. The molecule has 20 heavy (non-hydrogen) atoms. The minimum Gasteiger partial charge on any atom is -0.483 e. The highest BCUT2D eigenvalue weighted by molar-refractivity contribution is 6.07. The van der Waals surface area contributed by atoms with Crippen LogP contribution in [0, 0.1) is 0 Å². The number of amides is 1. The molecule has 3 aliphatic heterocycles. The molecule has 0 unspecified atom stereocenters. The fourth-order valence-electron chi connectivity index (χ4n) is 2.43. The van der Waals surface area contributed by atoms with E-state index in [1.165, 1.54) is 0 Å². The van der Waals surface area contributed by atoms with E-state index in [-0.39, 0.29) is 12.5 Å². The van der Waals surface area contributed by atoms with Crippen LogP contribution in [-0.2, 0) is 9.53 Å². The lowest BCUT2D eigenvalue weighted by Gasteiger charge is -2.34. The molecule has 2 N–H and O–H groups in total. The second-order valence-corrected chi connectivity index (χ2v) is 5.00. The van der Waals surface area contributed by atoms with Gasteiger partial charge in [0.2, 0.25) is 0 Å². The molecular weight excluding hydrogens is 260 g/mol. The van der Waals surface area contributed by atoms with Crippen LogP contribution in [0.3, 0.4) is 0 Å². The van der Waals surface area contributed by atoms with Crippen molar-refractivity contribution in [1.29, 1.82) is 0 Å². The highest BCUT2D eigenvalue weighted by Gasteiger charge is 2.29. The van der Waals surface area contributed by atoms with Gasteiger partial charge in [-0.2, -0.15) is 5.10 Å². The molecule has 4 rings (SSSR count). The molecule has 1 fully saturated rings. The van der Waals surface area contributed by atoms with E-state index in [1.54, 1.807) is 0 Å². The van der Waals surface area contributed by atoms with Crippen molar-refractivity contribution in [1.82, 2.24) is 5.43 Å². The van der Waals surface area contributed by atoms with Crippen molar-refractivity contribution in [3.05, 3.63) is 18.2 Å². The number of anilines is 2. The first-order chi connectivity index (χ1) is 9.79. The Bertz CT molecular complexity index is 597. The Hall–Kier alpha value is -2.28. The van der Waals surface area contributed by atoms with E-state index in [0.29, 0.717) is 12.6 Å². The second kappa shape index (κ2) is 4.38. The number of ether oxygens (including phenoxy) is 2. The SMILES string of the molecule is O=C1CN2C(=NN1)COc1ccc(NC3COC3)cc12. The summed E-state index contributed by atoms with van der Waals surface area (Å²) in [6.45, 7) is 2.10. The summed E-state index contributed by atoms with van der Waals surface area (Å²) in [4.78, 5) is 13.4. The number of hydrogen-bond donors (Lipinski definition) is 2. The smallest absolute Gasteiger partial charge is 0.260 e. The number of hydrogen-bond acceptors (Lipinski definition) is 6. The fourth-order valence-corrected chi connectivity index (χ4v) is 2.43. The molecule has 7 heteroatoms. The molecule has 0 saturated carbocycles. The molecule has 0 spiro atoms. The quantitative estimate of drug-likeness (QED) is 0.802. The molecule has 3 aliphatic rings. The molecule has 1 saturated heterocycles. The van der Waals surface area contributed by atoms with E-state index in [0.717, 1.165) is 36.2 Å². The molecule has 0 bridgehead atoms. The predicted octanol–water partition coefficient (Wildman–Crippen LogP) is 0.139. The average Bonchev–Trinajstić information content (AvgIpc) is 2.42. The molecule has 7 nitrogen and oxygen atoms in total. The average molecular weight is 274 g/mol. The van der Waals surface area contributed by atoms with E-state index >= 15 is 0 Å². The summed E-state index contributed by atoms with van der Waals surface area (Å²) in [5.74, 6) is 1.38. The van der Waals surface area contributed by atoms with Gasteiger partial charge in [-0.25, -0.2) is 5.43 Å². The Kier molecular flexibility index (Phi) is 2.53. The molecule has 104 valence electrons. The van der Waals surface area contributed by atoms with Crippen molar-refractivity contribution in [2.45, 2.75) is 6.04 Å². The van der Waals surface area contributed by atoms with Crippen molar-refractivity contribution in [2.75, 3.05) is 36.6 Å².